The maximum atomic E-state index is 11.7. The molecule has 0 bridgehead atoms. The quantitative estimate of drug-likeness (QED) is 0.926. The Balaban J connectivity index is 1.80. The molecule has 2 aliphatic rings. The lowest BCUT2D eigenvalue weighted by molar-refractivity contribution is 0.0662. The summed E-state index contributed by atoms with van der Waals surface area (Å²) in [5, 5.41) is 14.0. The largest absolute Gasteiger partial charge is 0.486 e. The van der Waals surface area contributed by atoms with E-state index in [1.807, 2.05) is 0 Å². The molecule has 2 heterocycles. The van der Waals surface area contributed by atoms with Gasteiger partial charge >= 0.3 is 5.97 Å². The topological polar surface area (TPSA) is 67.6 Å². The molecule has 1 N–H and O–H groups in total. The van der Waals surface area contributed by atoms with Crippen molar-refractivity contribution >= 4 is 5.97 Å². The van der Waals surface area contributed by atoms with Crippen LogP contribution in [0.15, 0.2) is 6.20 Å². The van der Waals surface area contributed by atoms with Crippen molar-refractivity contribution in [2.75, 3.05) is 20.1 Å². The fraction of sp³-hybridized carbons (Fsp3) is 0.750. The number of hydrogen-bond acceptors (Lipinski definition) is 4. The highest BCUT2D eigenvalue weighted by Crippen LogP contribution is 2.29. The van der Waals surface area contributed by atoms with Crippen molar-refractivity contribution in [3.8, 4) is 5.75 Å². The lowest BCUT2D eigenvalue weighted by Crippen LogP contribution is -2.35. The van der Waals surface area contributed by atoms with E-state index in [9.17, 15) is 9.90 Å². The molecule has 0 amide bonds. The third kappa shape index (κ3) is 3.27. The van der Waals surface area contributed by atoms with Crippen LogP contribution in [0.1, 0.15) is 61.5 Å². The zero-order valence-electron chi connectivity index (χ0n) is 13.2. The number of rotatable bonds is 4. The highest BCUT2D eigenvalue weighted by molar-refractivity contribution is 5.88. The van der Waals surface area contributed by atoms with E-state index in [4.69, 9.17) is 4.74 Å². The molecule has 1 aromatic rings. The Morgan fingerprint density at radius 1 is 1.27 bits per heavy atom. The van der Waals surface area contributed by atoms with E-state index in [1.165, 1.54) is 6.42 Å². The summed E-state index contributed by atoms with van der Waals surface area (Å²) in [4.78, 5) is 13.9. The number of hydrogen-bond donors (Lipinski definition) is 1. The molecule has 22 heavy (non-hydrogen) atoms. The number of likely N-dealkylation sites (tertiary alicyclic amines) is 1. The highest BCUT2D eigenvalue weighted by atomic mass is 16.5. The molecule has 2 fully saturated rings. The van der Waals surface area contributed by atoms with E-state index in [0.717, 1.165) is 51.6 Å². The molecule has 3 rings (SSSR count). The lowest BCUT2D eigenvalue weighted by atomic mass is 9.98. The Kier molecular flexibility index (Phi) is 4.66. The Morgan fingerprint density at radius 2 is 2.05 bits per heavy atom. The van der Waals surface area contributed by atoms with Gasteiger partial charge in [0.2, 0.25) is 0 Å². The summed E-state index contributed by atoms with van der Waals surface area (Å²) in [5.41, 5.74) is 0.214. The standard InChI is InChI=1S/C16H25N3O3/c1-18-9-5-6-12(11-18)19-15(16(20)21)14(10-17-19)22-13-7-3-2-4-8-13/h10,12-13H,2-9,11H2,1H3,(H,20,21). The number of aromatic carboxylic acids is 1. The molecule has 1 saturated carbocycles. The van der Waals surface area contributed by atoms with Gasteiger partial charge in [0.1, 0.15) is 0 Å². The monoisotopic (exact) mass is 307 g/mol. The van der Waals surface area contributed by atoms with Gasteiger partial charge in [-0.15, -0.1) is 0 Å². The van der Waals surface area contributed by atoms with Gasteiger partial charge in [0.25, 0.3) is 0 Å². The van der Waals surface area contributed by atoms with Gasteiger partial charge in [0.15, 0.2) is 11.4 Å². The SMILES string of the molecule is CN1CCCC(n2ncc(OC3CCCCC3)c2C(=O)O)C1. The maximum absolute atomic E-state index is 11.7. The highest BCUT2D eigenvalue weighted by Gasteiger charge is 2.28. The van der Waals surface area contributed by atoms with Crippen molar-refractivity contribution < 1.29 is 14.6 Å². The summed E-state index contributed by atoms with van der Waals surface area (Å²) >= 11 is 0. The van der Waals surface area contributed by atoms with Crippen LogP contribution in [0.3, 0.4) is 0 Å². The van der Waals surface area contributed by atoms with Gasteiger partial charge in [0.05, 0.1) is 18.3 Å². The molecule has 1 unspecified atom stereocenters. The Morgan fingerprint density at radius 3 is 2.73 bits per heavy atom. The molecule has 1 aliphatic heterocycles. The number of ether oxygens (including phenoxy) is 1. The number of carboxylic acid groups (broad SMARTS) is 1. The summed E-state index contributed by atoms with van der Waals surface area (Å²) in [7, 11) is 2.07. The van der Waals surface area contributed by atoms with Crippen LogP contribution in [0.5, 0.6) is 5.75 Å². The molecular weight excluding hydrogens is 282 g/mol. The summed E-state index contributed by atoms with van der Waals surface area (Å²) in [5.74, 6) is -0.510. The third-order valence-electron chi connectivity index (χ3n) is 4.76. The van der Waals surface area contributed by atoms with Gasteiger partial charge in [-0.05, 0) is 52.1 Å². The van der Waals surface area contributed by atoms with Crippen LogP contribution in [0.4, 0.5) is 0 Å². The molecule has 1 aromatic heterocycles. The molecule has 0 spiro atoms. The number of nitrogens with zero attached hydrogens (tertiary/aromatic N) is 3. The molecule has 0 aromatic carbocycles. The van der Waals surface area contributed by atoms with E-state index in [1.54, 1.807) is 10.9 Å². The van der Waals surface area contributed by atoms with E-state index < -0.39 is 5.97 Å². The third-order valence-corrected chi connectivity index (χ3v) is 4.76. The van der Waals surface area contributed by atoms with Gasteiger partial charge in [-0.3, -0.25) is 4.68 Å². The van der Waals surface area contributed by atoms with Crippen molar-refractivity contribution in [1.82, 2.24) is 14.7 Å². The first-order chi connectivity index (χ1) is 10.6. The summed E-state index contributed by atoms with van der Waals surface area (Å²) in [6.45, 7) is 1.90. The molecule has 1 aliphatic carbocycles. The van der Waals surface area contributed by atoms with E-state index in [2.05, 4.69) is 17.0 Å². The van der Waals surface area contributed by atoms with Crippen LogP contribution in [0.25, 0.3) is 0 Å². The predicted molar refractivity (Wildman–Crippen MR) is 82.5 cm³/mol. The minimum atomic E-state index is -0.948. The van der Waals surface area contributed by atoms with Crippen LogP contribution in [-0.4, -0.2) is 52.0 Å². The normalized spacial score (nSPS) is 24.3. The average Bonchev–Trinajstić information content (AvgIpc) is 2.92. The van der Waals surface area contributed by atoms with Crippen LogP contribution < -0.4 is 4.74 Å². The summed E-state index contributed by atoms with van der Waals surface area (Å²) in [6, 6.07) is 0.119. The van der Waals surface area contributed by atoms with Gasteiger partial charge in [-0.1, -0.05) is 6.42 Å². The van der Waals surface area contributed by atoms with E-state index >= 15 is 0 Å². The van der Waals surface area contributed by atoms with E-state index in [0.29, 0.717) is 5.75 Å². The molecule has 6 heteroatoms. The minimum Gasteiger partial charge on any atom is -0.486 e. The van der Waals surface area contributed by atoms with Crippen LogP contribution >= 0.6 is 0 Å². The van der Waals surface area contributed by atoms with Gasteiger partial charge < -0.3 is 14.7 Å². The second-order valence-corrected chi connectivity index (χ2v) is 6.54. The van der Waals surface area contributed by atoms with Crippen molar-refractivity contribution in [3.63, 3.8) is 0 Å². The first-order valence-electron chi connectivity index (χ1n) is 8.31. The molecule has 0 radical (unpaired) electrons. The van der Waals surface area contributed by atoms with Gasteiger partial charge in [-0.2, -0.15) is 5.10 Å². The Bertz CT molecular complexity index is 523. The zero-order chi connectivity index (χ0) is 15.5. The smallest absolute Gasteiger partial charge is 0.358 e. The van der Waals surface area contributed by atoms with Gasteiger partial charge in [-0.25, -0.2) is 4.79 Å². The summed E-state index contributed by atoms with van der Waals surface area (Å²) in [6.07, 6.45) is 9.36. The van der Waals surface area contributed by atoms with Crippen molar-refractivity contribution in [2.45, 2.75) is 57.1 Å². The van der Waals surface area contributed by atoms with Crippen LogP contribution in [0.2, 0.25) is 0 Å². The minimum absolute atomic E-state index is 0.119. The first kappa shape index (κ1) is 15.3. The number of piperidine rings is 1. The predicted octanol–water partition coefficient (Wildman–Crippen LogP) is 2.56. The van der Waals surface area contributed by atoms with Crippen LogP contribution in [0, 0.1) is 0 Å². The fourth-order valence-corrected chi connectivity index (χ4v) is 3.61. The molecule has 6 nitrogen and oxygen atoms in total. The van der Waals surface area contributed by atoms with Crippen molar-refractivity contribution in [2.24, 2.45) is 0 Å². The molecule has 1 atom stereocenters. The second-order valence-electron chi connectivity index (χ2n) is 6.54. The van der Waals surface area contributed by atoms with E-state index in [-0.39, 0.29) is 17.8 Å². The lowest BCUT2D eigenvalue weighted by Gasteiger charge is -2.30. The fourth-order valence-electron chi connectivity index (χ4n) is 3.61. The number of carboxylic acids is 1. The Hall–Kier alpha value is -1.56. The summed E-state index contributed by atoms with van der Waals surface area (Å²) < 4.78 is 7.63. The first-order valence-corrected chi connectivity index (χ1v) is 8.31. The maximum Gasteiger partial charge on any atom is 0.358 e. The number of aromatic nitrogens is 2. The van der Waals surface area contributed by atoms with Crippen molar-refractivity contribution in [1.29, 1.82) is 0 Å². The molecular formula is C16H25N3O3. The van der Waals surface area contributed by atoms with Crippen molar-refractivity contribution in [3.05, 3.63) is 11.9 Å². The average molecular weight is 307 g/mol. The second kappa shape index (κ2) is 6.69. The number of carbonyl (C=O) groups is 1. The van der Waals surface area contributed by atoms with Gasteiger partial charge in [0, 0.05) is 6.54 Å². The van der Waals surface area contributed by atoms with Crippen LogP contribution in [-0.2, 0) is 0 Å². The number of likely N-dealkylation sites (N-methyl/N-ethyl adjacent to an activating group) is 1. The molecule has 122 valence electrons. The molecule has 1 saturated heterocycles. The zero-order valence-corrected chi connectivity index (χ0v) is 13.2. The Labute approximate surface area is 131 Å².